The highest BCUT2D eigenvalue weighted by molar-refractivity contribution is 7.15. The summed E-state index contributed by atoms with van der Waals surface area (Å²) in [6.45, 7) is 0. The van der Waals surface area contributed by atoms with Crippen LogP contribution in [0.4, 0.5) is 0 Å². The van der Waals surface area contributed by atoms with E-state index in [2.05, 4.69) is 16.0 Å². The molecule has 0 unspecified atom stereocenters. The summed E-state index contributed by atoms with van der Waals surface area (Å²) in [5, 5.41) is 0. The van der Waals surface area contributed by atoms with Gasteiger partial charge in [0.15, 0.2) is 0 Å². The molecule has 1 aliphatic heterocycles. The van der Waals surface area contributed by atoms with E-state index in [-0.39, 0.29) is 11.8 Å². The van der Waals surface area contributed by atoms with E-state index in [0.717, 1.165) is 32.1 Å². The van der Waals surface area contributed by atoms with Crippen LogP contribution in [0.2, 0.25) is 0 Å². The molecular weight excluding hydrogens is 370 g/mol. The smallest absolute Gasteiger partial charge is 0.261 e. The van der Waals surface area contributed by atoms with E-state index in [1.54, 1.807) is 17.4 Å². The van der Waals surface area contributed by atoms with Crippen LogP contribution < -0.4 is 0 Å². The second-order valence-electron chi connectivity index (χ2n) is 6.72. The number of carbonyl (C=O) groups is 2. The molecule has 0 atom stereocenters. The van der Waals surface area contributed by atoms with E-state index in [1.165, 1.54) is 11.9 Å². The Kier molecular flexibility index (Phi) is 3.80. The first kappa shape index (κ1) is 16.8. The van der Waals surface area contributed by atoms with Gasteiger partial charge in [0.2, 0.25) is 0 Å². The maximum Gasteiger partial charge on any atom is 0.261 e. The lowest BCUT2D eigenvalue weighted by atomic mass is 10.0. The van der Waals surface area contributed by atoms with Crippen LogP contribution in [-0.4, -0.2) is 33.7 Å². The van der Waals surface area contributed by atoms with Gasteiger partial charge in [-0.1, -0.05) is 18.2 Å². The van der Waals surface area contributed by atoms with Gasteiger partial charge in [-0.2, -0.15) is 0 Å². The molecule has 6 heteroatoms. The first-order valence-electron chi connectivity index (χ1n) is 8.86. The minimum Gasteiger partial charge on any atom is -0.277 e. The van der Waals surface area contributed by atoms with E-state index in [1.807, 2.05) is 48.7 Å². The first-order chi connectivity index (χ1) is 13.6. The lowest BCUT2D eigenvalue weighted by Crippen LogP contribution is -2.24. The summed E-state index contributed by atoms with van der Waals surface area (Å²) in [7, 11) is 1.51. The second-order valence-corrected chi connectivity index (χ2v) is 7.89. The fourth-order valence-corrected chi connectivity index (χ4v) is 4.42. The van der Waals surface area contributed by atoms with Crippen molar-refractivity contribution in [3.05, 3.63) is 82.5 Å². The number of hydrogen-bond donors (Lipinski definition) is 0. The number of thiophene rings is 1. The van der Waals surface area contributed by atoms with Crippen molar-refractivity contribution in [1.82, 2.24) is 14.9 Å². The summed E-state index contributed by atoms with van der Waals surface area (Å²) in [4.78, 5) is 36.8. The van der Waals surface area contributed by atoms with Crippen LogP contribution in [0, 0.1) is 0 Å². The average molecular weight is 385 g/mol. The van der Waals surface area contributed by atoms with Crippen molar-refractivity contribution < 1.29 is 9.59 Å². The molecule has 0 fully saturated rings. The van der Waals surface area contributed by atoms with Crippen LogP contribution in [0.1, 0.15) is 31.3 Å². The number of amides is 2. The molecular formula is C22H15N3O2S. The zero-order chi connectivity index (χ0) is 19.3. The average Bonchev–Trinajstić information content (AvgIpc) is 3.27. The number of fused-ring (bicyclic) bond motifs is 2. The van der Waals surface area contributed by atoms with Gasteiger partial charge >= 0.3 is 0 Å². The third-order valence-electron chi connectivity index (χ3n) is 4.89. The van der Waals surface area contributed by atoms with Crippen LogP contribution in [0.15, 0.2) is 60.8 Å². The zero-order valence-electron chi connectivity index (χ0n) is 15.0. The summed E-state index contributed by atoms with van der Waals surface area (Å²) in [6.07, 6.45) is 2.52. The van der Waals surface area contributed by atoms with Gasteiger partial charge in [-0.25, -0.2) is 4.98 Å². The molecule has 2 amide bonds. The minimum absolute atomic E-state index is 0.242. The van der Waals surface area contributed by atoms with Crippen molar-refractivity contribution in [2.24, 2.45) is 0 Å². The zero-order valence-corrected chi connectivity index (χ0v) is 15.9. The molecule has 3 heterocycles. The van der Waals surface area contributed by atoms with Crippen LogP contribution in [0.5, 0.6) is 0 Å². The van der Waals surface area contributed by atoms with Gasteiger partial charge in [-0.05, 0) is 42.0 Å². The molecule has 0 radical (unpaired) electrons. The molecule has 0 N–H and O–H groups in total. The number of para-hydroxylation sites is 2. The van der Waals surface area contributed by atoms with Gasteiger partial charge in [0.05, 0.1) is 27.9 Å². The highest BCUT2D eigenvalue weighted by atomic mass is 32.1. The van der Waals surface area contributed by atoms with Gasteiger partial charge in [0.1, 0.15) is 0 Å². The van der Waals surface area contributed by atoms with Crippen LogP contribution in [-0.2, 0) is 6.42 Å². The third-order valence-corrected chi connectivity index (χ3v) is 6.02. The molecule has 1 aliphatic rings. The molecule has 136 valence electrons. The molecule has 0 saturated carbocycles. The number of benzene rings is 2. The van der Waals surface area contributed by atoms with Crippen molar-refractivity contribution >= 4 is 34.2 Å². The Morgan fingerprint density at radius 3 is 2.57 bits per heavy atom. The Hall–Kier alpha value is -3.38. The molecule has 2 aromatic heterocycles. The Balaban J connectivity index is 1.43. The number of aromatic nitrogens is 2. The van der Waals surface area contributed by atoms with Crippen LogP contribution in [0.25, 0.3) is 21.5 Å². The molecule has 28 heavy (non-hydrogen) atoms. The van der Waals surface area contributed by atoms with Crippen molar-refractivity contribution in [1.29, 1.82) is 0 Å². The van der Waals surface area contributed by atoms with Gasteiger partial charge in [-0.15, -0.1) is 11.3 Å². The van der Waals surface area contributed by atoms with Crippen molar-refractivity contribution in [2.45, 2.75) is 6.42 Å². The normalized spacial score (nSPS) is 13.4. The molecule has 5 rings (SSSR count). The molecule has 0 saturated heterocycles. The fraction of sp³-hybridized carbons (Fsp3) is 0.0909. The van der Waals surface area contributed by atoms with E-state index in [0.29, 0.717) is 17.5 Å². The predicted octanol–water partition coefficient (Wildman–Crippen LogP) is 4.17. The number of carbonyl (C=O) groups excluding carboxylic acids is 2. The quantitative estimate of drug-likeness (QED) is 0.497. The highest BCUT2D eigenvalue weighted by Crippen LogP contribution is 2.32. The first-order valence-corrected chi connectivity index (χ1v) is 9.68. The lowest BCUT2D eigenvalue weighted by molar-refractivity contribution is 0.0693. The Bertz CT molecular complexity index is 1260. The Morgan fingerprint density at radius 1 is 0.929 bits per heavy atom. The van der Waals surface area contributed by atoms with Gasteiger partial charge in [0.25, 0.3) is 11.8 Å². The summed E-state index contributed by atoms with van der Waals surface area (Å²) >= 11 is 1.66. The largest absolute Gasteiger partial charge is 0.277 e. The summed E-state index contributed by atoms with van der Waals surface area (Å²) < 4.78 is 0. The fourth-order valence-electron chi connectivity index (χ4n) is 3.40. The molecule has 2 aromatic carbocycles. The topological polar surface area (TPSA) is 63.2 Å². The van der Waals surface area contributed by atoms with E-state index >= 15 is 0 Å². The maximum absolute atomic E-state index is 12.2. The second kappa shape index (κ2) is 6.35. The standard InChI is InChI=1S/C22H15N3O2S/c1-25-21(26)16-8-6-13(10-17(16)22(25)27)20-9-7-15(28-20)11-14-12-23-18-4-2-3-5-19(18)24-14/h2-10,12H,11H2,1H3. The summed E-state index contributed by atoms with van der Waals surface area (Å²) in [5.74, 6) is -0.488. The predicted molar refractivity (Wildman–Crippen MR) is 109 cm³/mol. The third kappa shape index (κ3) is 2.70. The number of rotatable bonds is 3. The lowest BCUT2D eigenvalue weighted by Gasteiger charge is -2.02. The molecule has 5 nitrogen and oxygen atoms in total. The van der Waals surface area contributed by atoms with E-state index in [4.69, 9.17) is 0 Å². The molecule has 0 aliphatic carbocycles. The molecule has 4 aromatic rings. The van der Waals surface area contributed by atoms with Crippen LogP contribution in [0.3, 0.4) is 0 Å². The monoisotopic (exact) mass is 385 g/mol. The van der Waals surface area contributed by atoms with Gasteiger partial charge < -0.3 is 0 Å². The number of nitrogens with zero attached hydrogens (tertiary/aromatic N) is 3. The molecule has 0 bridgehead atoms. The van der Waals surface area contributed by atoms with E-state index < -0.39 is 0 Å². The maximum atomic E-state index is 12.2. The summed E-state index contributed by atoms with van der Waals surface area (Å²) in [5.41, 5.74) is 4.59. The van der Waals surface area contributed by atoms with Crippen molar-refractivity contribution in [3.8, 4) is 10.4 Å². The summed E-state index contributed by atoms with van der Waals surface area (Å²) in [6, 6.07) is 17.4. The van der Waals surface area contributed by atoms with Crippen LogP contribution >= 0.6 is 11.3 Å². The highest BCUT2D eigenvalue weighted by Gasteiger charge is 2.32. The number of imide groups is 1. The SMILES string of the molecule is CN1C(=O)c2ccc(-c3ccc(Cc4cnc5ccccc5n4)s3)cc2C1=O. The van der Waals surface area contributed by atoms with Crippen molar-refractivity contribution in [2.75, 3.05) is 7.05 Å². The van der Waals surface area contributed by atoms with E-state index in [9.17, 15) is 9.59 Å². The minimum atomic E-state index is -0.245. The number of hydrogen-bond acceptors (Lipinski definition) is 5. The van der Waals surface area contributed by atoms with Crippen molar-refractivity contribution in [3.63, 3.8) is 0 Å². The Labute approximate surface area is 165 Å². The van der Waals surface area contributed by atoms with Gasteiger partial charge in [0, 0.05) is 29.4 Å². The van der Waals surface area contributed by atoms with Gasteiger partial charge in [-0.3, -0.25) is 19.5 Å². The molecule has 0 spiro atoms. The Morgan fingerprint density at radius 2 is 1.71 bits per heavy atom.